The Kier molecular flexibility index (Phi) is 3.57. The molecular weight excluding hydrogens is 231 g/mol. The molecule has 0 bridgehead atoms. The Labute approximate surface area is 97.8 Å². The summed E-state index contributed by atoms with van der Waals surface area (Å²) >= 11 is 0. The lowest BCUT2D eigenvalue weighted by Crippen LogP contribution is -2.36. The van der Waals surface area contributed by atoms with E-state index in [2.05, 4.69) is 5.32 Å². The topological polar surface area (TPSA) is 21.3 Å². The van der Waals surface area contributed by atoms with Crippen LogP contribution in [0.3, 0.4) is 0 Å². The SMILES string of the molecule is FC(F)(F)CNCC1COc2ccccc2C1. The fraction of sp³-hybridized carbons (Fsp3) is 0.500. The minimum atomic E-state index is -4.15. The fourth-order valence-electron chi connectivity index (χ4n) is 1.94. The molecule has 1 unspecified atom stereocenters. The summed E-state index contributed by atoms with van der Waals surface area (Å²) in [6, 6.07) is 7.63. The second kappa shape index (κ2) is 4.96. The molecule has 2 rings (SSSR count). The van der Waals surface area contributed by atoms with Crippen molar-refractivity contribution >= 4 is 0 Å². The molecule has 1 aromatic rings. The van der Waals surface area contributed by atoms with E-state index >= 15 is 0 Å². The first-order valence-corrected chi connectivity index (χ1v) is 5.53. The van der Waals surface area contributed by atoms with Crippen molar-refractivity contribution in [2.75, 3.05) is 19.7 Å². The number of para-hydroxylation sites is 1. The van der Waals surface area contributed by atoms with Crippen molar-refractivity contribution in [3.8, 4) is 5.75 Å². The van der Waals surface area contributed by atoms with Gasteiger partial charge in [-0.25, -0.2) is 0 Å². The number of rotatable bonds is 3. The Hall–Kier alpha value is -1.23. The molecule has 1 aliphatic heterocycles. The van der Waals surface area contributed by atoms with E-state index in [9.17, 15) is 13.2 Å². The smallest absolute Gasteiger partial charge is 0.401 e. The molecule has 2 nitrogen and oxygen atoms in total. The maximum Gasteiger partial charge on any atom is 0.401 e. The quantitative estimate of drug-likeness (QED) is 0.882. The summed E-state index contributed by atoms with van der Waals surface area (Å²) in [7, 11) is 0. The van der Waals surface area contributed by atoms with Gasteiger partial charge in [0.2, 0.25) is 0 Å². The molecule has 0 radical (unpaired) electrons. The molecule has 0 aliphatic carbocycles. The molecule has 17 heavy (non-hydrogen) atoms. The van der Waals surface area contributed by atoms with Crippen molar-refractivity contribution < 1.29 is 17.9 Å². The molecular formula is C12H14F3NO. The first kappa shape index (κ1) is 12.2. The number of ether oxygens (including phenoxy) is 1. The Bertz CT molecular complexity index is 378. The van der Waals surface area contributed by atoms with E-state index < -0.39 is 12.7 Å². The van der Waals surface area contributed by atoms with Crippen molar-refractivity contribution in [2.24, 2.45) is 5.92 Å². The van der Waals surface area contributed by atoms with Crippen LogP contribution in [-0.4, -0.2) is 25.9 Å². The molecule has 94 valence electrons. The van der Waals surface area contributed by atoms with Gasteiger partial charge in [-0.15, -0.1) is 0 Å². The molecule has 1 aromatic carbocycles. The minimum absolute atomic E-state index is 0.104. The molecule has 0 saturated carbocycles. The average molecular weight is 245 g/mol. The highest BCUT2D eigenvalue weighted by atomic mass is 19.4. The number of hydrogen-bond donors (Lipinski definition) is 1. The van der Waals surface area contributed by atoms with Gasteiger partial charge in [0.05, 0.1) is 13.2 Å². The predicted octanol–water partition coefficient (Wildman–Crippen LogP) is 2.39. The summed E-state index contributed by atoms with van der Waals surface area (Å²) in [6.07, 6.45) is -3.38. The summed E-state index contributed by atoms with van der Waals surface area (Å²) in [4.78, 5) is 0. The van der Waals surface area contributed by atoms with Crippen LogP contribution in [0.5, 0.6) is 5.75 Å². The highest BCUT2D eigenvalue weighted by molar-refractivity contribution is 5.35. The van der Waals surface area contributed by atoms with Crippen LogP contribution >= 0.6 is 0 Å². The molecule has 1 N–H and O–H groups in total. The molecule has 0 saturated heterocycles. The molecule has 0 fully saturated rings. The zero-order valence-corrected chi connectivity index (χ0v) is 9.26. The number of fused-ring (bicyclic) bond motifs is 1. The first-order valence-electron chi connectivity index (χ1n) is 5.53. The van der Waals surface area contributed by atoms with Gasteiger partial charge in [0.1, 0.15) is 5.75 Å². The van der Waals surface area contributed by atoms with Crippen molar-refractivity contribution in [3.05, 3.63) is 29.8 Å². The van der Waals surface area contributed by atoms with Crippen LogP contribution in [0.15, 0.2) is 24.3 Å². The molecule has 0 aromatic heterocycles. The molecule has 0 amide bonds. The van der Waals surface area contributed by atoms with Crippen molar-refractivity contribution in [2.45, 2.75) is 12.6 Å². The molecule has 1 aliphatic rings. The first-order chi connectivity index (χ1) is 8.04. The fourth-order valence-corrected chi connectivity index (χ4v) is 1.94. The van der Waals surface area contributed by atoms with Gasteiger partial charge in [0, 0.05) is 12.5 Å². The Balaban J connectivity index is 1.82. The van der Waals surface area contributed by atoms with Crippen molar-refractivity contribution in [1.82, 2.24) is 5.32 Å². The van der Waals surface area contributed by atoms with Gasteiger partial charge in [-0.2, -0.15) is 13.2 Å². The molecule has 1 atom stereocenters. The van der Waals surface area contributed by atoms with Crippen LogP contribution in [0, 0.1) is 5.92 Å². The van der Waals surface area contributed by atoms with Crippen LogP contribution in [0.2, 0.25) is 0 Å². The third-order valence-corrected chi connectivity index (χ3v) is 2.71. The van der Waals surface area contributed by atoms with E-state index in [1.807, 2.05) is 24.3 Å². The summed E-state index contributed by atoms with van der Waals surface area (Å²) in [5.74, 6) is 0.951. The lowest BCUT2D eigenvalue weighted by Gasteiger charge is -2.25. The number of halogens is 3. The Morgan fingerprint density at radius 3 is 2.82 bits per heavy atom. The predicted molar refractivity (Wildman–Crippen MR) is 58.1 cm³/mol. The van der Waals surface area contributed by atoms with E-state index in [4.69, 9.17) is 4.74 Å². The van der Waals surface area contributed by atoms with Gasteiger partial charge in [-0.05, 0) is 18.1 Å². The van der Waals surface area contributed by atoms with E-state index in [-0.39, 0.29) is 5.92 Å². The normalized spacial score (nSPS) is 19.6. The Morgan fingerprint density at radius 1 is 1.29 bits per heavy atom. The lowest BCUT2D eigenvalue weighted by atomic mass is 9.97. The summed E-state index contributed by atoms with van der Waals surface area (Å²) in [5.41, 5.74) is 1.07. The summed E-state index contributed by atoms with van der Waals surface area (Å²) in [6.45, 7) is -0.138. The van der Waals surface area contributed by atoms with Crippen LogP contribution in [0.25, 0.3) is 0 Å². The minimum Gasteiger partial charge on any atom is -0.493 e. The van der Waals surface area contributed by atoms with Crippen molar-refractivity contribution in [3.63, 3.8) is 0 Å². The number of benzene rings is 1. The zero-order chi connectivity index (χ0) is 12.3. The number of hydrogen-bond acceptors (Lipinski definition) is 2. The summed E-state index contributed by atoms with van der Waals surface area (Å²) < 4.78 is 41.4. The summed E-state index contributed by atoms with van der Waals surface area (Å²) in [5, 5.41) is 2.42. The van der Waals surface area contributed by atoms with Gasteiger partial charge in [-0.3, -0.25) is 0 Å². The van der Waals surface area contributed by atoms with Crippen LogP contribution in [0.4, 0.5) is 13.2 Å². The van der Waals surface area contributed by atoms with Gasteiger partial charge in [0.25, 0.3) is 0 Å². The lowest BCUT2D eigenvalue weighted by molar-refractivity contribution is -0.125. The van der Waals surface area contributed by atoms with E-state index in [0.717, 1.165) is 17.7 Å². The van der Waals surface area contributed by atoms with Crippen LogP contribution < -0.4 is 10.1 Å². The average Bonchev–Trinajstić information content (AvgIpc) is 2.27. The number of nitrogens with one attached hydrogen (secondary N) is 1. The second-order valence-corrected chi connectivity index (χ2v) is 4.23. The third-order valence-electron chi connectivity index (χ3n) is 2.71. The van der Waals surface area contributed by atoms with Gasteiger partial charge >= 0.3 is 6.18 Å². The Morgan fingerprint density at radius 2 is 2.06 bits per heavy atom. The number of alkyl halides is 3. The van der Waals surface area contributed by atoms with Gasteiger partial charge in [0.15, 0.2) is 0 Å². The van der Waals surface area contributed by atoms with Gasteiger partial charge in [-0.1, -0.05) is 18.2 Å². The maximum absolute atomic E-state index is 12.0. The second-order valence-electron chi connectivity index (χ2n) is 4.23. The van der Waals surface area contributed by atoms with Gasteiger partial charge < -0.3 is 10.1 Å². The third kappa shape index (κ3) is 3.63. The molecule has 0 spiro atoms. The maximum atomic E-state index is 12.0. The molecule has 1 heterocycles. The highest BCUT2D eigenvalue weighted by Crippen LogP contribution is 2.26. The highest BCUT2D eigenvalue weighted by Gasteiger charge is 2.27. The largest absolute Gasteiger partial charge is 0.493 e. The monoisotopic (exact) mass is 245 g/mol. The van der Waals surface area contributed by atoms with Crippen LogP contribution in [0.1, 0.15) is 5.56 Å². The van der Waals surface area contributed by atoms with E-state index in [1.54, 1.807) is 0 Å². The van der Waals surface area contributed by atoms with E-state index in [1.165, 1.54) is 0 Å². The standard InChI is InChI=1S/C12H14F3NO/c13-12(14,15)8-16-6-9-5-10-3-1-2-4-11(10)17-7-9/h1-4,9,16H,5-8H2. The molecule has 5 heteroatoms. The van der Waals surface area contributed by atoms with E-state index in [0.29, 0.717) is 13.2 Å². The van der Waals surface area contributed by atoms with Crippen LogP contribution in [-0.2, 0) is 6.42 Å². The zero-order valence-electron chi connectivity index (χ0n) is 9.26. The van der Waals surface area contributed by atoms with Crippen molar-refractivity contribution in [1.29, 1.82) is 0 Å².